The second-order valence-corrected chi connectivity index (χ2v) is 7.78. The van der Waals surface area contributed by atoms with Crippen molar-refractivity contribution in [3.05, 3.63) is 74.7 Å². The van der Waals surface area contributed by atoms with Crippen LogP contribution in [-0.2, 0) is 13.1 Å². The zero-order chi connectivity index (χ0) is 20.2. The number of benzene rings is 2. The molecule has 2 aromatic carbocycles. The van der Waals surface area contributed by atoms with Gasteiger partial charge in [0.1, 0.15) is 0 Å². The third kappa shape index (κ3) is 4.67. The summed E-state index contributed by atoms with van der Waals surface area (Å²) in [4.78, 5) is 16.6. The van der Waals surface area contributed by atoms with E-state index >= 15 is 0 Å². The summed E-state index contributed by atoms with van der Waals surface area (Å²) in [6.07, 6.45) is 2.66. The molecule has 0 bridgehead atoms. The lowest BCUT2D eigenvalue weighted by molar-refractivity contribution is 0.468. The number of nitrogens with zero attached hydrogens (tertiary/aromatic N) is 2. The van der Waals surface area contributed by atoms with Gasteiger partial charge in [-0.3, -0.25) is 4.57 Å². The first-order valence-electron chi connectivity index (χ1n) is 9.47. The minimum absolute atomic E-state index is 0.328. The molecule has 0 amide bonds. The van der Waals surface area contributed by atoms with Gasteiger partial charge >= 0.3 is 5.69 Å². The van der Waals surface area contributed by atoms with Gasteiger partial charge in [-0.2, -0.15) is 4.98 Å². The molecule has 8 heteroatoms. The van der Waals surface area contributed by atoms with Gasteiger partial charge in [-0.25, -0.2) is 4.79 Å². The Kier molecular flexibility index (Phi) is 5.94. The van der Waals surface area contributed by atoms with Gasteiger partial charge in [-0.05, 0) is 48.8 Å². The van der Waals surface area contributed by atoms with Crippen molar-refractivity contribution in [3.63, 3.8) is 0 Å². The van der Waals surface area contributed by atoms with Crippen molar-refractivity contribution in [2.75, 3.05) is 18.4 Å². The van der Waals surface area contributed by atoms with Crippen LogP contribution in [0.15, 0.2) is 57.9 Å². The molecule has 0 atom stereocenters. The molecule has 1 aromatic heterocycles. The van der Waals surface area contributed by atoms with E-state index in [0.717, 1.165) is 35.2 Å². The van der Waals surface area contributed by atoms with E-state index in [1.54, 1.807) is 10.8 Å². The number of anilines is 2. The fourth-order valence-electron chi connectivity index (χ4n) is 3.10. The maximum Gasteiger partial charge on any atom is 0.350 e. The van der Waals surface area contributed by atoms with Crippen molar-refractivity contribution in [3.8, 4) is 11.5 Å². The van der Waals surface area contributed by atoms with Gasteiger partial charge in [0, 0.05) is 11.0 Å². The van der Waals surface area contributed by atoms with Gasteiger partial charge < -0.3 is 21.1 Å². The fraction of sp³-hybridized carbons (Fsp3) is 0.238. The summed E-state index contributed by atoms with van der Waals surface area (Å²) >= 11 is 3.43. The predicted molar refractivity (Wildman–Crippen MR) is 117 cm³/mol. The number of aromatic nitrogens is 2. The van der Waals surface area contributed by atoms with Gasteiger partial charge in [-0.1, -0.05) is 40.2 Å². The fourth-order valence-corrected chi connectivity index (χ4v) is 3.47. The third-order valence-corrected chi connectivity index (χ3v) is 5.13. The monoisotopic (exact) mass is 455 g/mol. The van der Waals surface area contributed by atoms with Gasteiger partial charge in [-0.15, -0.1) is 0 Å². The molecule has 1 aliphatic heterocycles. The molecular weight excluding hydrogens is 434 g/mol. The molecule has 0 aliphatic carbocycles. The highest BCUT2D eigenvalue weighted by Gasteiger charge is 2.19. The molecule has 3 aromatic rings. The molecule has 4 rings (SSSR count). The third-order valence-electron chi connectivity index (χ3n) is 4.64. The second kappa shape index (κ2) is 8.77. The van der Waals surface area contributed by atoms with Crippen LogP contribution in [0.4, 0.5) is 11.5 Å². The summed E-state index contributed by atoms with van der Waals surface area (Å²) < 4.78 is 8.40. The van der Waals surface area contributed by atoms with E-state index in [1.807, 2.05) is 30.3 Å². The topological polar surface area (TPSA) is 94.2 Å². The molecule has 1 aliphatic rings. The van der Waals surface area contributed by atoms with E-state index in [0.29, 0.717) is 30.4 Å². The minimum atomic E-state index is -0.328. The Balaban J connectivity index is 1.47. The summed E-state index contributed by atoms with van der Waals surface area (Å²) in [7, 11) is 0. The maximum atomic E-state index is 12.5. The SMILES string of the molecule is NCCCNCc1ccc(Cn2cc3c(nc2=O)Nc2cc(Br)ccc2O3)cc1. The smallest absolute Gasteiger partial charge is 0.350 e. The van der Waals surface area contributed by atoms with Gasteiger partial charge in [0.25, 0.3) is 0 Å². The average molecular weight is 456 g/mol. The Hall–Kier alpha value is -2.68. The summed E-state index contributed by atoms with van der Waals surface area (Å²) in [6.45, 7) is 2.83. The predicted octanol–water partition coefficient (Wildman–Crippen LogP) is 3.34. The van der Waals surface area contributed by atoms with Crippen LogP contribution in [0.1, 0.15) is 17.5 Å². The van der Waals surface area contributed by atoms with E-state index < -0.39 is 0 Å². The Morgan fingerprint density at radius 1 is 1.14 bits per heavy atom. The first-order chi connectivity index (χ1) is 14.1. The molecule has 0 saturated carbocycles. The van der Waals surface area contributed by atoms with Crippen molar-refractivity contribution in [2.24, 2.45) is 5.73 Å². The number of ether oxygens (including phenoxy) is 1. The lowest BCUT2D eigenvalue weighted by Crippen LogP contribution is -2.25. The first-order valence-corrected chi connectivity index (χ1v) is 10.3. The molecule has 0 saturated heterocycles. The maximum absolute atomic E-state index is 12.5. The summed E-state index contributed by atoms with van der Waals surface area (Å²) in [5.41, 5.74) is 8.15. The summed E-state index contributed by atoms with van der Waals surface area (Å²) in [6, 6.07) is 13.8. The van der Waals surface area contributed by atoms with Crippen LogP contribution in [0.3, 0.4) is 0 Å². The van der Waals surface area contributed by atoms with Crippen LogP contribution in [0.2, 0.25) is 0 Å². The Morgan fingerprint density at radius 3 is 2.72 bits per heavy atom. The van der Waals surface area contributed by atoms with Crippen LogP contribution in [0, 0.1) is 0 Å². The zero-order valence-electron chi connectivity index (χ0n) is 15.8. The van der Waals surface area contributed by atoms with Crippen molar-refractivity contribution >= 4 is 27.4 Å². The Bertz CT molecular complexity index is 1070. The highest BCUT2D eigenvalue weighted by molar-refractivity contribution is 9.10. The van der Waals surface area contributed by atoms with E-state index in [4.69, 9.17) is 10.5 Å². The number of rotatable bonds is 7. The number of hydrogen-bond acceptors (Lipinski definition) is 6. The molecule has 2 heterocycles. The van der Waals surface area contributed by atoms with E-state index in [1.165, 1.54) is 5.56 Å². The van der Waals surface area contributed by atoms with Crippen molar-refractivity contribution in [2.45, 2.75) is 19.5 Å². The Morgan fingerprint density at radius 2 is 1.93 bits per heavy atom. The van der Waals surface area contributed by atoms with Gasteiger partial charge in [0.05, 0.1) is 18.4 Å². The number of fused-ring (bicyclic) bond motifs is 2. The van der Waals surface area contributed by atoms with E-state index in [-0.39, 0.29) is 5.69 Å². The molecule has 0 fully saturated rings. The van der Waals surface area contributed by atoms with E-state index in [9.17, 15) is 4.79 Å². The Labute approximate surface area is 177 Å². The van der Waals surface area contributed by atoms with Crippen molar-refractivity contribution < 1.29 is 4.74 Å². The van der Waals surface area contributed by atoms with Gasteiger partial charge in [0.2, 0.25) is 0 Å². The molecule has 4 N–H and O–H groups in total. The molecule has 0 unspecified atom stereocenters. The van der Waals surface area contributed by atoms with Crippen LogP contribution in [0.5, 0.6) is 11.5 Å². The lowest BCUT2D eigenvalue weighted by atomic mass is 10.1. The number of nitrogens with two attached hydrogens (primary N) is 1. The molecular formula is C21H22BrN5O2. The molecule has 0 radical (unpaired) electrons. The molecule has 0 spiro atoms. The number of nitrogens with one attached hydrogen (secondary N) is 2. The van der Waals surface area contributed by atoms with Crippen LogP contribution >= 0.6 is 15.9 Å². The first kappa shape index (κ1) is 19.6. The standard InChI is InChI=1S/C21H22BrN5O2/c22-16-6-7-18-17(10-16)25-20-19(29-18)13-27(21(28)26-20)12-15-4-2-14(3-5-15)11-24-9-1-8-23/h2-7,10,13,24H,1,8-9,11-12,23H2,(H,25,26,28). The number of hydrogen-bond donors (Lipinski definition) is 3. The van der Waals surface area contributed by atoms with E-state index in [2.05, 4.69) is 43.7 Å². The number of halogens is 1. The second-order valence-electron chi connectivity index (χ2n) is 6.87. The normalized spacial score (nSPS) is 11.9. The molecule has 29 heavy (non-hydrogen) atoms. The van der Waals surface area contributed by atoms with Crippen LogP contribution < -0.4 is 26.8 Å². The van der Waals surface area contributed by atoms with Gasteiger partial charge in [0.15, 0.2) is 17.3 Å². The minimum Gasteiger partial charge on any atom is -0.450 e. The zero-order valence-corrected chi connectivity index (χ0v) is 17.4. The summed E-state index contributed by atoms with van der Waals surface area (Å²) in [5, 5.41) is 6.51. The molecule has 150 valence electrons. The highest BCUT2D eigenvalue weighted by atomic mass is 79.9. The average Bonchev–Trinajstić information content (AvgIpc) is 2.72. The van der Waals surface area contributed by atoms with Crippen LogP contribution in [0.25, 0.3) is 0 Å². The van der Waals surface area contributed by atoms with Crippen LogP contribution in [-0.4, -0.2) is 22.6 Å². The highest BCUT2D eigenvalue weighted by Crippen LogP contribution is 2.41. The van der Waals surface area contributed by atoms with Crippen molar-refractivity contribution in [1.82, 2.24) is 14.9 Å². The lowest BCUT2D eigenvalue weighted by Gasteiger charge is -2.21. The summed E-state index contributed by atoms with van der Waals surface area (Å²) in [5.74, 6) is 1.65. The van der Waals surface area contributed by atoms with Crippen molar-refractivity contribution in [1.29, 1.82) is 0 Å². The largest absolute Gasteiger partial charge is 0.450 e. The quantitative estimate of drug-likeness (QED) is 0.370. The molecule has 7 nitrogen and oxygen atoms in total.